The molecule has 1 fully saturated rings. The molecule has 3 heteroatoms. The van der Waals surface area contributed by atoms with E-state index in [-0.39, 0.29) is 17.5 Å². The van der Waals surface area contributed by atoms with Crippen LogP contribution in [-0.2, 0) is 16.0 Å². The van der Waals surface area contributed by atoms with Crippen molar-refractivity contribution >= 4 is 5.97 Å². The molecule has 2 rings (SSSR count). The SMILES string of the molecule is CC(C)(Cc1ccccc1)[C@H](O)[C@@H]1CCCC(=O)O1. The highest BCUT2D eigenvalue weighted by molar-refractivity contribution is 5.70. The molecule has 104 valence electrons. The molecule has 0 aromatic heterocycles. The topological polar surface area (TPSA) is 46.5 Å². The van der Waals surface area contributed by atoms with Crippen LogP contribution in [0.1, 0.15) is 38.7 Å². The Hall–Kier alpha value is -1.35. The summed E-state index contributed by atoms with van der Waals surface area (Å²) in [4.78, 5) is 11.3. The maximum atomic E-state index is 11.3. The van der Waals surface area contributed by atoms with Gasteiger partial charge < -0.3 is 9.84 Å². The minimum atomic E-state index is -0.628. The second-order valence-corrected chi connectivity index (χ2v) is 6.02. The lowest BCUT2D eigenvalue weighted by Gasteiger charge is -2.37. The van der Waals surface area contributed by atoms with Crippen molar-refractivity contribution in [3.8, 4) is 0 Å². The fraction of sp³-hybridized carbons (Fsp3) is 0.562. The molecule has 0 saturated carbocycles. The zero-order chi connectivity index (χ0) is 13.9. The molecule has 1 heterocycles. The zero-order valence-electron chi connectivity index (χ0n) is 11.6. The van der Waals surface area contributed by atoms with E-state index in [9.17, 15) is 9.90 Å². The highest BCUT2D eigenvalue weighted by Gasteiger charge is 2.37. The predicted molar refractivity (Wildman–Crippen MR) is 73.7 cm³/mol. The zero-order valence-corrected chi connectivity index (χ0v) is 11.6. The van der Waals surface area contributed by atoms with Crippen molar-refractivity contribution in [2.24, 2.45) is 5.41 Å². The Balaban J connectivity index is 2.03. The third kappa shape index (κ3) is 3.57. The summed E-state index contributed by atoms with van der Waals surface area (Å²) in [7, 11) is 0. The van der Waals surface area contributed by atoms with Crippen LogP contribution in [0.4, 0.5) is 0 Å². The number of carbonyl (C=O) groups is 1. The van der Waals surface area contributed by atoms with Crippen molar-refractivity contribution in [1.29, 1.82) is 0 Å². The van der Waals surface area contributed by atoms with Gasteiger partial charge in [0.05, 0.1) is 6.10 Å². The molecule has 3 nitrogen and oxygen atoms in total. The highest BCUT2D eigenvalue weighted by atomic mass is 16.6. The third-order valence-electron chi connectivity index (χ3n) is 3.81. The predicted octanol–water partition coefficient (Wildman–Crippen LogP) is 2.71. The van der Waals surface area contributed by atoms with Crippen molar-refractivity contribution in [3.63, 3.8) is 0 Å². The second kappa shape index (κ2) is 5.74. The first-order valence-corrected chi connectivity index (χ1v) is 6.90. The molecule has 0 radical (unpaired) electrons. The Morgan fingerprint density at radius 3 is 2.68 bits per heavy atom. The maximum Gasteiger partial charge on any atom is 0.306 e. The van der Waals surface area contributed by atoms with Gasteiger partial charge in [-0.1, -0.05) is 44.2 Å². The number of esters is 1. The van der Waals surface area contributed by atoms with Crippen molar-refractivity contribution in [2.75, 3.05) is 0 Å². The van der Waals surface area contributed by atoms with Crippen LogP contribution in [0.5, 0.6) is 0 Å². The molecule has 0 bridgehead atoms. The quantitative estimate of drug-likeness (QED) is 0.849. The van der Waals surface area contributed by atoms with Crippen LogP contribution in [0.25, 0.3) is 0 Å². The summed E-state index contributed by atoms with van der Waals surface area (Å²) in [5.41, 5.74) is 0.873. The molecule has 0 aliphatic carbocycles. The monoisotopic (exact) mass is 262 g/mol. The molecule has 0 unspecified atom stereocenters. The van der Waals surface area contributed by atoms with Gasteiger partial charge in [0.25, 0.3) is 0 Å². The van der Waals surface area contributed by atoms with Gasteiger partial charge in [-0.15, -0.1) is 0 Å². The van der Waals surface area contributed by atoms with E-state index in [1.807, 2.05) is 32.0 Å². The second-order valence-electron chi connectivity index (χ2n) is 6.02. The molecule has 1 aromatic carbocycles. The third-order valence-corrected chi connectivity index (χ3v) is 3.81. The minimum Gasteiger partial charge on any atom is -0.460 e. The summed E-state index contributed by atoms with van der Waals surface area (Å²) in [6.45, 7) is 4.04. The number of aliphatic hydroxyl groups is 1. The van der Waals surface area contributed by atoms with Gasteiger partial charge in [0.1, 0.15) is 6.10 Å². The van der Waals surface area contributed by atoms with E-state index >= 15 is 0 Å². The molecule has 1 aliphatic rings. The summed E-state index contributed by atoms with van der Waals surface area (Å²) < 4.78 is 5.28. The first-order chi connectivity index (χ1) is 8.99. The lowest BCUT2D eigenvalue weighted by Crippen LogP contribution is -2.44. The van der Waals surface area contributed by atoms with Crippen molar-refractivity contribution < 1.29 is 14.6 Å². The molecule has 2 atom stereocenters. The molecule has 1 saturated heterocycles. The molecular weight excluding hydrogens is 240 g/mol. The fourth-order valence-corrected chi connectivity index (χ4v) is 2.69. The number of hydrogen-bond acceptors (Lipinski definition) is 3. The van der Waals surface area contributed by atoms with E-state index in [1.165, 1.54) is 5.56 Å². The summed E-state index contributed by atoms with van der Waals surface area (Å²) in [5.74, 6) is -0.189. The number of cyclic esters (lactones) is 1. The number of ether oxygens (including phenoxy) is 1. The van der Waals surface area contributed by atoms with E-state index in [0.29, 0.717) is 6.42 Å². The van der Waals surface area contributed by atoms with E-state index in [4.69, 9.17) is 4.74 Å². The Kier molecular flexibility index (Phi) is 4.25. The minimum absolute atomic E-state index is 0.189. The van der Waals surface area contributed by atoms with Gasteiger partial charge in [0, 0.05) is 6.42 Å². The van der Waals surface area contributed by atoms with Gasteiger partial charge in [0.15, 0.2) is 0 Å². The van der Waals surface area contributed by atoms with Gasteiger partial charge in [-0.3, -0.25) is 4.79 Å². The van der Waals surface area contributed by atoms with Crippen LogP contribution in [0.15, 0.2) is 30.3 Å². The van der Waals surface area contributed by atoms with Crippen molar-refractivity contribution in [2.45, 2.75) is 51.7 Å². The number of benzene rings is 1. The molecule has 1 aliphatic heterocycles. The summed E-state index contributed by atoms with van der Waals surface area (Å²) in [6, 6.07) is 10.1. The molecular formula is C16H22O3. The van der Waals surface area contributed by atoms with Crippen LogP contribution in [-0.4, -0.2) is 23.3 Å². The Morgan fingerprint density at radius 1 is 1.37 bits per heavy atom. The van der Waals surface area contributed by atoms with Crippen molar-refractivity contribution in [3.05, 3.63) is 35.9 Å². The van der Waals surface area contributed by atoms with E-state index in [0.717, 1.165) is 19.3 Å². The summed E-state index contributed by atoms with van der Waals surface area (Å²) in [6.07, 6.45) is 1.82. The highest BCUT2D eigenvalue weighted by Crippen LogP contribution is 2.32. The van der Waals surface area contributed by atoms with Crippen LogP contribution in [0, 0.1) is 5.41 Å². The van der Waals surface area contributed by atoms with Crippen LogP contribution in [0.2, 0.25) is 0 Å². The van der Waals surface area contributed by atoms with Gasteiger partial charge in [-0.25, -0.2) is 0 Å². The van der Waals surface area contributed by atoms with Gasteiger partial charge in [-0.05, 0) is 30.2 Å². The molecule has 0 spiro atoms. The normalized spacial score (nSPS) is 21.8. The van der Waals surface area contributed by atoms with Gasteiger partial charge in [0.2, 0.25) is 0 Å². The molecule has 1 N–H and O–H groups in total. The van der Waals surface area contributed by atoms with Crippen LogP contribution < -0.4 is 0 Å². The van der Waals surface area contributed by atoms with Gasteiger partial charge >= 0.3 is 5.97 Å². The first kappa shape index (κ1) is 14.1. The van der Waals surface area contributed by atoms with E-state index in [1.54, 1.807) is 0 Å². The average molecular weight is 262 g/mol. The molecule has 1 aromatic rings. The van der Waals surface area contributed by atoms with E-state index < -0.39 is 6.10 Å². The van der Waals surface area contributed by atoms with Crippen molar-refractivity contribution in [1.82, 2.24) is 0 Å². The number of hydrogen-bond donors (Lipinski definition) is 1. The Labute approximate surface area is 114 Å². The summed E-state index contributed by atoms with van der Waals surface area (Å²) in [5, 5.41) is 10.5. The largest absolute Gasteiger partial charge is 0.460 e. The summed E-state index contributed by atoms with van der Waals surface area (Å²) >= 11 is 0. The molecule has 19 heavy (non-hydrogen) atoms. The lowest BCUT2D eigenvalue weighted by molar-refractivity contribution is -0.166. The van der Waals surface area contributed by atoms with E-state index in [2.05, 4.69) is 12.1 Å². The number of rotatable bonds is 4. The van der Waals surface area contributed by atoms with Crippen LogP contribution in [0.3, 0.4) is 0 Å². The standard InChI is InChI=1S/C16H22O3/c1-16(2,11-12-7-4-3-5-8-12)15(18)13-9-6-10-14(17)19-13/h3-5,7-8,13,15,18H,6,9-11H2,1-2H3/t13-,15+/m0/s1. The first-order valence-electron chi connectivity index (χ1n) is 6.90. The Morgan fingerprint density at radius 2 is 2.05 bits per heavy atom. The van der Waals surface area contributed by atoms with Gasteiger partial charge in [-0.2, -0.15) is 0 Å². The lowest BCUT2D eigenvalue weighted by atomic mass is 9.77. The number of carbonyl (C=O) groups excluding carboxylic acids is 1. The Bertz CT molecular complexity index is 425. The fourth-order valence-electron chi connectivity index (χ4n) is 2.69. The van der Waals surface area contributed by atoms with Crippen LogP contribution >= 0.6 is 0 Å². The smallest absolute Gasteiger partial charge is 0.306 e. The average Bonchev–Trinajstić information content (AvgIpc) is 2.38. The molecule has 0 amide bonds. The number of aliphatic hydroxyl groups excluding tert-OH is 1. The maximum absolute atomic E-state index is 11.3.